The van der Waals surface area contributed by atoms with Crippen LogP contribution in [0.25, 0.3) is 0 Å². The predicted octanol–water partition coefficient (Wildman–Crippen LogP) is 1.25. The van der Waals surface area contributed by atoms with Crippen molar-refractivity contribution in [1.82, 2.24) is 16.0 Å². The maximum atomic E-state index is 12.9. The Kier molecular flexibility index (Phi) is 4.98. The standard InChI is InChI=1S/C16H20FN3O3/c1-16(2,9-10-3-5-11(17)6-4-10)20-14(22)12-7-8-13(21)19-15(23)18-12/h3-6,12H,7-9H2,1-2H3,(H,20,22)(H2,18,19,21,23)/t12-/m1/s1. The number of carbonyl (C=O) groups excluding carboxylic acids is 3. The quantitative estimate of drug-likeness (QED) is 0.780. The molecule has 1 aromatic rings. The summed E-state index contributed by atoms with van der Waals surface area (Å²) >= 11 is 0. The molecule has 0 bridgehead atoms. The van der Waals surface area contributed by atoms with Crippen molar-refractivity contribution in [3.05, 3.63) is 35.6 Å². The molecule has 0 spiro atoms. The number of halogens is 1. The fraction of sp³-hybridized carbons (Fsp3) is 0.438. The lowest BCUT2D eigenvalue weighted by Crippen LogP contribution is -2.54. The summed E-state index contributed by atoms with van der Waals surface area (Å²) in [7, 11) is 0. The molecule has 2 rings (SSSR count). The first-order chi connectivity index (χ1) is 10.7. The summed E-state index contributed by atoms with van der Waals surface area (Å²) in [5.74, 6) is -1.06. The lowest BCUT2D eigenvalue weighted by Gasteiger charge is -2.28. The zero-order valence-corrected chi connectivity index (χ0v) is 13.1. The number of urea groups is 1. The first-order valence-electron chi connectivity index (χ1n) is 7.42. The van der Waals surface area contributed by atoms with Gasteiger partial charge in [-0.05, 0) is 44.4 Å². The Morgan fingerprint density at radius 3 is 2.61 bits per heavy atom. The summed E-state index contributed by atoms with van der Waals surface area (Å²) < 4.78 is 12.9. The van der Waals surface area contributed by atoms with Crippen LogP contribution in [0.5, 0.6) is 0 Å². The third-order valence-electron chi connectivity index (χ3n) is 3.56. The molecule has 0 radical (unpaired) electrons. The van der Waals surface area contributed by atoms with Gasteiger partial charge in [0.05, 0.1) is 0 Å². The molecule has 3 N–H and O–H groups in total. The van der Waals surface area contributed by atoms with Gasteiger partial charge in [0.25, 0.3) is 0 Å². The van der Waals surface area contributed by atoms with Crippen molar-refractivity contribution in [2.45, 2.75) is 44.7 Å². The van der Waals surface area contributed by atoms with E-state index in [2.05, 4.69) is 16.0 Å². The minimum atomic E-state index is -0.756. The van der Waals surface area contributed by atoms with Gasteiger partial charge in [0, 0.05) is 12.0 Å². The van der Waals surface area contributed by atoms with Crippen LogP contribution in [-0.4, -0.2) is 29.4 Å². The van der Waals surface area contributed by atoms with Crippen molar-refractivity contribution < 1.29 is 18.8 Å². The van der Waals surface area contributed by atoms with E-state index in [-0.39, 0.29) is 24.6 Å². The van der Waals surface area contributed by atoms with E-state index in [0.717, 1.165) is 5.56 Å². The molecule has 1 fully saturated rings. The molecule has 0 unspecified atom stereocenters. The molecular weight excluding hydrogens is 301 g/mol. The highest BCUT2D eigenvalue weighted by molar-refractivity contribution is 5.98. The molecule has 6 nitrogen and oxygen atoms in total. The van der Waals surface area contributed by atoms with Crippen molar-refractivity contribution in [3.63, 3.8) is 0 Å². The van der Waals surface area contributed by atoms with E-state index in [1.807, 2.05) is 13.8 Å². The Bertz CT molecular complexity index is 614. The number of hydrogen-bond donors (Lipinski definition) is 3. The van der Waals surface area contributed by atoms with Gasteiger partial charge in [-0.15, -0.1) is 0 Å². The summed E-state index contributed by atoms with van der Waals surface area (Å²) in [6.07, 6.45) is 0.863. The average Bonchev–Trinajstić information content (AvgIpc) is 2.61. The van der Waals surface area contributed by atoms with Crippen LogP contribution in [0.4, 0.5) is 9.18 Å². The van der Waals surface area contributed by atoms with Gasteiger partial charge in [-0.3, -0.25) is 14.9 Å². The molecule has 0 saturated carbocycles. The van der Waals surface area contributed by atoms with E-state index in [0.29, 0.717) is 6.42 Å². The molecule has 23 heavy (non-hydrogen) atoms. The smallest absolute Gasteiger partial charge is 0.322 e. The molecule has 1 aromatic carbocycles. The molecule has 0 aromatic heterocycles. The highest BCUT2D eigenvalue weighted by Gasteiger charge is 2.29. The van der Waals surface area contributed by atoms with Crippen molar-refractivity contribution in [1.29, 1.82) is 0 Å². The van der Waals surface area contributed by atoms with Crippen LogP contribution in [0.2, 0.25) is 0 Å². The third kappa shape index (κ3) is 5.05. The zero-order chi connectivity index (χ0) is 17.0. The van der Waals surface area contributed by atoms with E-state index in [9.17, 15) is 18.8 Å². The summed E-state index contributed by atoms with van der Waals surface area (Å²) in [4.78, 5) is 35.1. The molecule has 124 valence electrons. The van der Waals surface area contributed by atoms with Crippen molar-refractivity contribution >= 4 is 17.8 Å². The highest BCUT2D eigenvalue weighted by atomic mass is 19.1. The molecule has 4 amide bonds. The van der Waals surface area contributed by atoms with Gasteiger partial charge in [-0.2, -0.15) is 0 Å². The predicted molar refractivity (Wildman–Crippen MR) is 82.0 cm³/mol. The van der Waals surface area contributed by atoms with Crippen molar-refractivity contribution in [3.8, 4) is 0 Å². The second-order valence-corrected chi connectivity index (χ2v) is 6.29. The SMILES string of the molecule is CC(C)(Cc1ccc(F)cc1)NC(=O)[C@H]1CCC(=O)NC(=O)N1. The number of carbonyl (C=O) groups is 3. The number of nitrogens with one attached hydrogen (secondary N) is 3. The third-order valence-corrected chi connectivity index (χ3v) is 3.56. The largest absolute Gasteiger partial charge is 0.349 e. The molecule has 1 aliphatic heterocycles. The zero-order valence-electron chi connectivity index (χ0n) is 13.1. The first kappa shape index (κ1) is 16.9. The Labute approximate surface area is 133 Å². The van der Waals surface area contributed by atoms with E-state index in [4.69, 9.17) is 0 Å². The Balaban J connectivity index is 1.98. The maximum absolute atomic E-state index is 12.9. The first-order valence-corrected chi connectivity index (χ1v) is 7.42. The van der Waals surface area contributed by atoms with Crippen LogP contribution in [0.3, 0.4) is 0 Å². The van der Waals surface area contributed by atoms with E-state index < -0.39 is 23.5 Å². The molecule has 1 atom stereocenters. The minimum absolute atomic E-state index is 0.106. The topological polar surface area (TPSA) is 87.3 Å². The van der Waals surface area contributed by atoms with Gasteiger partial charge in [0.15, 0.2) is 0 Å². The maximum Gasteiger partial charge on any atom is 0.322 e. The number of hydrogen-bond acceptors (Lipinski definition) is 3. The van der Waals surface area contributed by atoms with E-state index >= 15 is 0 Å². The summed E-state index contributed by atoms with van der Waals surface area (Å²) in [5, 5.41) is 7.47. The summed E-state index contributed by atoms with van der Waals surface area (Å²) in [6.45, 7) is 3.69. The second kappa shape index (κ2) is 6.76. The van der Waals surface area contributed by atoms with Gasteiger partial charge in [0.1, 0.15) is 11.9 Å². The molecule has 0 aliphatic carbocycles. The van der Waals surface area contributed by atoms with Gasteiger partial charge in [0.2, 0.25) is 11.8 Å². The highest BCUT2D eigenvalue weighted by Crippen LogP contribution is 2.14. The van der Waals surface area contributed by atoms with Crippen LogP contribution >= 0.6 is 0 Å². The number of amides is 4. The van der Waals surface area contributed by atoms with Gasteiger partial charge >= 0.3 is 6.03 Å². The van der Waals surface area contributed by atoms with Crippen LogP contribution in [0.1, 0.15) is 32.3 Å². The van der Waals surface area contributed by atoms with E-state index in [1.165, 1.54) is 12.1 Å². The average molecular weight is 321 g/mol. The van der Waals surface area contributed by atoms with Gasteiger partial charge in [-0.1, -0.05) is 12.1 Å². The fourth-order valence-corrected chi connectivity index (χ4v) is 2.51. The number of benzene rings is 1. The van der Waals surface area contributed by atoms with Crippen LogP contribution < -0.4 is 16.0 Å². The number of rotatable bonds is 4. The molecular formula is C16H20FN3O3. The van der Waals surface area contributed by atoms with Gasteiger partial charge in [-0.25, -0.2) is 9.18 Å². The van der Waals surface area contributed by atoms with Crippen LogP contribution in [0.15, 0.2) is 24.3 Å². The van der Waals surface area contributed by atoms with Crippen molar-refractivity contribution in [2.24, 2.45) is 0 Å². The minimum Gasteiger partial charge on any atom is -0.349 e. The Hall–Kier alpha value is -2.44. The summed E-state index contributed by atoms with van der Waals surface area (Å²) in [5.41, 5.74) is 0.307. The van der Waals surface area contributed by atoms with Gasteiger partial charge < -0.3 is 10.6 Å². The molecule has 1 aliphatic rings. The fourth-order valence-electron chi connectivity index (χ4n) is 2.51. The Morgan fingerprint density at radius 2 is 1.96 bits per heavy atom. The molecule has 1 heterocycles. The summed E-state index contributed by atoms with van der Waals surface area (Å²) in [6, 6.07) is 4.66. The second-order valence-electron chi connectivity index (χ2n) is 6.29. The normalized spacial score (nSPS) is 18.7. The lowest BCUT2D eigenvalue weighted by atomic mass is 9.94. The van der Waals surface area contributed by atoms with E-state index in [1.54, 1.807) is 12.1 Å². The lowest BCUT2D eigenvalue weighted by molar-refractivity contribution is -0.124. The monoisotopic (exact) mass is 321 g/mol. The van der Waals surface area contributed by atoms with Crippen LogP contribution in [-0.2, 0) is 16.0 Å². The number of imide groups is 1. The van der Waals surface area contributed by atoms with Crippen molar-refractivity contribution in [2.75, 3.05) is 0 Å². The Morgan fingerprint density at radius 1 is 1.30 bits per heavy atom. The molecule has 1 saturated heterocycles. The van der Waals surface area contributed by atoms with Crippen LogP contribution in [0, 0.1) is 5.82 Å². The molecule has 7 heteroatoms.